The van der Waals surface area contributed by atoms with Crippen molar-refractivity contribution in [2.24, 2.45) is 0 Å². The first-order valence-electron chi connectivity index (χ1n) is 15.7. The number of pyridine rings is 1. The molecule has 6 aromatic carbocycles. The Morgan fingerprint density at radius 1 is 0.553 bits per heavy atom. The fourth-order valence-corrected chi connectivity index (χ4v) is 7.38. The fourth-order valence-electron chi connectivity index (χ4n) is 7.38. The highest BCUT2D eigenvalue weighted by molar-refractivity contribution is 6.11. The van der Waals surface area contributed by atoms with Gasteiger partial charge in [0.15, 0.2) is 5.69 Å². The zero-order valence-corrected chi connectivity index (χ0v) is 25.3. The predicted octanol–water partition coefficient (Wildman–Crippen LogP) is 10.9. The summed E-state index contributed by atoms with van der Waals surface area (Å²) in [7, 11) is 0. The molecule has 4 heteroatoms. The number of fused-ring (bicyclic) bond motifs is 5. The second-order valence-electron chi connectivity index (χ2n) is 11.9. The van der Waals surface area contributed by atoms with Gasteiger partial charge in [-0.1, -0.05) is 103 Å². The number of rotatable bonds is 4. The summed E-state index contributed by atoms with van der Waals surface area (Å²) < 4.78 is 8.81. The van der Waals surface area contributed by atoms with E-state index in [4.69, 9.17) is 11.3 Å². The van der Waals surface area contributed by atoms with Crippen LogP contribution in [0.15, 0.2) is 164 Å². The third kappa shape index (κ3) is 4.04. The summed E-state index contributed by atoms with van der Waals surface area (Å²) in [5, 5.41) is 2.10. The minimum Gasteiger partial charge on any atom is -0.457 e. The van der Waals surface area contributed by atoms with Gasteiger partial charge in [-0.05, 0) is 82.2 Å². The topological polar surface area (TPSA) is 31.4 Å². The lowest BCUT2D eigenvalue weighted by Crippen LogP contribution is -2.34. The lowest BCUT2D eigenvalue weighted by Gasteiger charge is -2.41. The van der Waals surface area contributed by atoms with Crippen LogP contribution in [0.4, 0.5) is 5.69 Å². The Morgan fingerprint density at radius 2 is 1.17 bits per heavy atom. The standard InChI is InChI=1S/C43H27N3O/c1-44-33-21-23-39-35(28-33)34-26-29(19-22-38(34)46(39)42-18-10-11-25-45-42)30-20-24-41-37(27-30)43(31-12-4-2-5-13-31,32-14-6-3-7-15-32)36-16-8-9-17-40(36)47-41/h2-28H. The van der Waals surface area contributed by atoms with Crippen LogP contribution in [0, 0.1) is 6.57 Å². The van der Waals surface area contributed by atoms with Crippen LogP contribution in [-0.2, 0) is 5.41 Å². The van der Waals surface area contributed by atoms with Crippen molar-refractivity contribution in [3.05, 3.63) is 198 Å². The number of hydrogen-bond acceptors (Lipinski definition) is 2. The van der Waals surface area contributed by atoms with Crippen molar-refractivity contribution in [2.75, 3.05) is 0 Å². The van der Waals surface area contributed by atoms with E-state index in [1.54, 1.807) is 0 Å². The zero-order chi connectivity index (χ0) is 31.4. The molecule has 3 heterocycles. The van der Waals surface area contributed by atoms with E-state index in [1.165, 1.54) is 11.1 Å². The predicted molar refractivity (Wildman–Crippen MR) is 189 cm³/mol. The third-order valence-electron chi connectivity index (χ3n) is 9.40. The first kappa shape index (κ1) is 26.9. The van der Waals surface area contributed by atoms with Gasteiger partial charge in [-0.25, -0.2) is 9.83 Å². The molecule has 0 fully saturated rings. The van der Waals surface area contributed by atoms with Crippen LogP contribution in [-0.4, -0.2) is 9.55 Å². The van der Waals surface area contributed by atoms with Gasteiger partial charge < -0.3 is 4.74 Å². The van der Waals surface area contributed by atoms with Crippen LogP contribution in [0.3, 0.4) is 0 Å². The van der Waals surface area contributed by atoms with E-state index >= 15 is 0 Å². The molecule has 0 saturated carbocycles. The SMILES string of the molecule is [C-]#[N+]c1ccc2c(c1)c1cc(-c3ccc4c(c3)C(c3ccccc3)(c3ccccc3)c3ccccc3O4)ccc1n2-c1ccccn1. The summed E-state index contributed by atoms with van der Waals surface area (Å²) in [5.74, 6) is 2.55. The minimum absolute atomic E-state index is 0.591. The van der Waals surface area contributed by atoms with Gasteiger partial charge in [-0.3, -0.25) is 4.57 Å². The van der Waals surface area contributed by atoms with Gasteiger partial charge in [0.25, 0.3) is 0 Å². The van der Waals surface area contributed by atoms with E-state index < -0.39 is 5.41 Å². The van der Waals surface area contributed by atoms with Crippen molar-refractivity contribution < 1.29 is 4.74 Å². The lowest BCUT2D eigenvalue weighted by molar-refractivity contribution is 0.434. The zero-order valence-electron chi connectivity index (χ0n) is 25.3. The molecule has 0 unspecified atom stereocenters. The number of hydrogen-bond donors (Lipinski definition) is 0. The first-order valence-corrected chi connectivity index (χ1v) is 15.7. The summed E-state index contributed by atoms with van der Waals surface area (Å²) in [6.07, 6.45) is 1.81. The van der Waals surface area contributed by atoms with E-state index in [2.05, 4.69) is 130 Å². The molecule has 1 aliphatic heterocycles. The molecule has 4 nitrogen and oxygen atoms in total. The van der Waals surface area contributed by atoms with Crippen LogP contribution in [0.1, 0.15) is 22.3 Å². The summed E-state index contributed by atoms with van der Waals surface area (Å²) >= 11 is 0. The number of para-hydroxylation sites is 1. The van der Waals surface area contributed by atoms with Gasteiger partial charge in [0.2, 0.25) is 0 Å². The Labute approximate surface area is 272 Å². The molecule has 0 aliphatic carbocycles. The van der Waals surface area contributed by atoms with E-state index in [9.17, 15) is 0 Å². The fraction of sp³-hybridized carbons (Fsp3) is 0.0233. The molecule has 1 aliphatic rings. The third-order valence-corrected chi connectivity index (χ3v) is 9.40. The van der Waals surface area contributed by atoms with Gasteiger partial charge in [0.05, 0.1) is 23.0 Å². The number of benzene rings is 6. The first-order chi connectivity index (χ1) is 23.3. The second kappa shape index (κ2) is 10.6. The van der Waals surface area contributed by atoms with E-state index in [1.807, 2.05) is 48.7 Å². The average molecular weight is 602 g/mol. The molecule has 220 valence electrons. The molecule has 0 spiro atoms. The highest BCUT2D eigenvalue weighted by Gasteiger charge is 2.45. The van der Waals surface area contributed by atoms with Crippen LogP contribution >= 0.6 is 0 Å². The van der Waals surface area contributed by atoms with Crippen LogP contribution in [0.5, 0.6) is 11.5 Å². The van der Waals surface area contributed by atoms with Gasteiger partial charge in [0, 0.05) is 22.7 Å². The van der Waals surface area contributed by atoms with Gasteiger partial charge in [0.1, 0.15) is 17.3 Å². The van der Waals surface area contributed by atoms with E-state index in [-0.39, 0.29) is 0 Å². The van der Waals surface area contributed by atoms with Crippen molar-refractivity contribution in [3.63, 3.8) is 0 Å². The maximum Gasteiger partial charge on any atom is 0.188 e. The lowest BCUT2D eigenvalue weighted by atomic mass is 9.63. The molecule has 8 aromatic rings. The molecule has 0 radical (unpaired) electrons. The van der Waals surface area contributed by atoms with E-state index in [0.717, 1.165) is 61.4 Å². The van der Waals surface area contributed by atoms with Gasteiger partial charge in [-0.2, -0.15) is 0 Å². The Kier molecular flexibility index (Phi) is 6.06. The number of ether oxygens (including phenoxy) is 1. The highest BCUT2D eigenvalue weighted by Crippen LogP contribution is 2.55. The Hall–Kier alpha value is -6.44. The van der Waals surface area contributed by atoms with Crippen LogP contribution in [0.2, 0.25) is 0 Å². The minimum atomic E-state index is -0.591. The second-order valence-corrected chi connectivity index (χ2v) is 11.9. The number of aromatic nitrogens is 2. The molecular formula is C43H27N3O. The van der Waals surface area contributed by atoms with Crippen molar-refractivity contribution in [1.29, 1.82) is 0 Å². The Morgan fingerprint density at radius 3 is 1.89 bits per heavy atom. The molecule has 0 N–H and O–H groups in total. The quantitative estimate of drug-likeness (QED) is 0.188. The molecule has 9 rings (SSSR count). The van der Waals surface area contributed by atoms with Gasteiger partial charge in [-0.15, -0.1) is 0 Å². The number of nitrogens with zero attached hydrogens (tertiary/aromatic N) is 3. The Balaban J connectivity index is 1.31. The Bertz CT molecular complexity index is 2450. The molecular weight excluding hydrogens is 574 g/mol. The maximum atomic E-state index is 7.69. The molecule has 47 heavy (non-hydrogen) atoms. The van der Waals surface area contributed by atoms with Crippen molar-refractivity contribution in [3.8, 4) is 28.4 Å². The summed E-state index contributed by atoms with van der Waals surface area (Å²) in [4.78, 5) is 8.41. The molecule has 2 aromatic heterocycles. The van der Waals surface area contributed by atoms with Crippen molar-refractivity contribution in [1.82, 2.24) is 9.55 Å². The average Bonchev–Trinajstić information content (AvgIpc) is 3.47. The van der Waals surface area contributed by atoms with E-state index in [0.29, 0.717) is 5.69 Å². The molecule has 0 amide bonds. The maximum absolute atomic E-state index is 7.69. The summed E-state index contributed by atoms with van der Waals surface area (Å²) in [6.45, 7) is 7.69. The van der Waals surface area contributed by atoms with Gasteiger partial charge >= 0.3 is 0 Å². The summed E-state index contributed by atoms with van der Waals surface area (Å²) in [6, 6.07) is 54.9. The van der Waals surface area contributed by atoms with Crippen molar-refractivity contribution in [2.45, 2.75) is 5.41 Å². The van der Waals surface area contributed by atoms with Crippen LogP contribution < -0.4 is 4.74 Å². The normalized spacial score (nSPS) is 13.0. The molecule has 0 saturated heterocycles. The smallest absolute Gasteiger partial charge is 0.188 e. The molecule has 0 bridgehead atoms. The molecule has 0 atom stereocenters. The monoisotopic (exact) mass is 601 g/mol. The highest BCUT2D eigenvalue weighted by atomic mass is 16.5. The van der Waals surface area contributed by atoms with Crippen LogP contribution in [0.25, 0.3) is 43.6 Å². The summed E-state index contributed by atoms with van der Waals surface area (Å²) in [5.41, 5.74) is 8.83. The van der Waals surface area contributed by atoms with Crippen molar-refractivity contribution >= 4 is 27.5 Å². The largest absolute Gasteiger partial charge is 0.457 e.